The normalized spacial score (nSPS) is 25.8. The van der Waals surface area contributed by atoms with Crippen LogP contribution in [0.15, 0.2) is 42.4 Å². The van der Waals surface area contributed by atoms with Crippen molar-refractivity contribution in [3.63, 3.8) is 0 Å². The number of hydrogen-bond acceptors (Lipinski definition) is 20. The Morgan fingerprint density at radius 3 is 2.31 bits per heavy atom. The van der Waals surface area contributed by atoms with E-state index in [2.05, 4.69) is 41.1 Å². The second-order valence-electron chi connectivity index (χ2n) is 13.3. The average Bonchev–Trinajstić information content (AvgIpc) is 3.84. The quantitative estimate of drug-likeness (QED) is 0.0265. The van der Waals surface area contributed by atoms with Crippen LogP contribution in [0.25, 0.3) is 11.2 Å². The number of carbonyl (C=O) groups excluding carboxylic acids is 2. The Balaban J connectivity index is 1.40. The molecule has 3 aromatic heterocycles. The molecule has 32 heteroatoms. The van der Waals surface area contributed by atoms with Gasteiger partial charge in [0.05, 0.1) is 26.1 Å². The Morgan fingerprint density at radius 2 is 1.66 bits per heavy atom. The number of phosphoric acid groups is 2. The molecule has 0 saturated carbocycles. The minimum atomic E-state index is -5.55. The molecule has 0 spiro atoms. The van der Waals surface area contributed by atoms with Gasteiger partial charge in [0.25, 0.3) is 0 Å². The molecule has 1 amide bonds. The monoisotopic (exact) mass is 935 g/mol. The number of hydrogen-bond donors (Lipinski definition) is 8. The summed E-state index contributed by atoms with van der Waals surface area (Å²) >= 11 is 0. The lowest BCUT2D eigenvalue weighted by Crippen LogP contribution is -2.49. The Kier molecular flexibility index (Phi) is 15.5. The van der Waals surface area contributed by atoms with Gasteiger partial charge in [-0.2, -0.15) is 13.8 Å². The van der Waals surface area contributed by atoms with Crippen molar-refractivity contribution in [2.45, 2.75) is 80.3 Å². The SMILES string of the molecule is C=CCCC(=O)N[C@@H](COCC(F)(F)C(F)F)C(=O)O[C@H]1[C@@H](O)[C@H](n2cnc3c(N)ncnc32)O[C@@H]1COP(=O)(O)O[C@H]1[C@@H](O)[C@H](n2ccc(N)nc2=O)O[C@@H]1COP(=O)(O)O. The van der Waals surface area contributed by atoms with Gasteiger partial charge >= 0.3 is 39.7 Å². The highest BCUT2D eigenvalue weighted by Gasteiger charge is 2.52. The Morgan fingerprint density at radius 1 is 1.02 bits per heavy atom. The molecular formula is C30H39F4N9O17P2. The summed E-state index contributed by atoms with van der Waals surface area (Å²) in [5, 5.41) is 24.7. The highest BCUT2D eigenvalue weighted by atomic mass is 31.2. The maximum absolute atomic E-state index is 13.6. The first-order chi connectivity index (χ1) is 29.0. The van der Waals surface area contributed by atoms with Gasteiger partial charge in [0.2, 0.25) is 5.91 Å². The molecule has 26 nitrogen and oxygen atoms in total. The van der Waals surface area contributed by atoms with Crippen molar-refractivity contribution < 1.29 is 93.7 Å². The lowest BCUT2D eigenvalue weighted by Gasteiger charge is -2.26. The molecule has 62 heavy (non-hydrogen) atoms. The van der Waals surface area contributed by atoms with Crippen LogP contribution in [-0.2, 0) is 51.2 Å². The van der Waals surface area contributed by atoms with E-state index >= 15 is 0 Å². The second kappa shape index (κ2) is 19.9. The molecule has 0 aromatic carbocycles. The van der Waals surface area contributed by atoms with Gasteiger partial charge in [-0.05, 0) is 12.5 Å². The molecule has 0 bridgehead atoms. The minimum absolute atomic E-state index is 0.00907. The zero-order valence-electron chi connectivity index (χ0n) is 31.5. The van der Waals surface area contributed by atoms with Gasteiger partial charge in [-0.15, -0.1) is 6.58 Å². The Labute approximate surface area is 344 Å². The number of phosphoric ester groups is 2. The van der Waals surface area contributed by atoms with Crippen LogP contribution in [0.1, 0.15) is 25.3 Å². The molecule has 5 heterocycles. The molecule has 3 aromatic rings. The maximum Gasteiger partial charge on any atom is 0.472 e. The first-order valence-corrected chi connectivity index (χ1v) is 20.7. The number of aliphatic hydroxyl groups is 2. The van der Waals surface area contributed by atoms with Gasteiger partial charge in [0.15, 0.2) is 36.1 Å². The largest absolute Gasteiger partial charge is 0.472 e. The molecule has 2 saturated heterocycles. The summed E-state index contributed by atoms with van der Waals surface area (Å²) in [4.78, 5) is 83.3. The molecular weight excluding hydrogens is 896 g/mol. The number of halogens is 4. The summed E-state index contributed by atoms with van der Waals surface area (Å²) in [7, 11) is -10.8. The number of alkyl halides is 4. The number of aliphatic hydroxyl groups excluding tert-OH is 2. The van der Waals surface area contributed by atoms with Crippen molar-refractivity contribution in [1.82, 2.24) is 34.4 Å². The molecule has 2 aliphatic heterocycles. The molecule has 5 rings (SSSR count). The number of rotatable bonds is 21. The number of ether oxygens (including phenoxy) is 4. The summed E-state index contributed by atoms with van der Waals surface area (Å²) < 4.78 is 116. The van der Waals surface area contributed by atoms with Crippen LogP contribution < -0.4 is 22.5 Å². The van der Waals surface area contributed by atoms with Gasteiger partial charge in [0, 0.05) is 12.6 Å². The number of imidazole rings is 1. The van der Waals surface area contributed by atoms with Crippen molar-refractivity contribution in [2.75, 3.05) is 37.9 Å². The van der Waals surface area contributed by atoms with E-state index in [1.54, 1.807) is 0 Å². The molecule has 0 aliphatic carbocycles. The molecule has 2 aliphatic rings. The van der Waals surface area contributed by atoms with Gasteiger partial charge < -0.3 is 60.6 Å². The lowest BCUT2D eigenvalue weighted by molar-refractivity contribution is -0.174. The number of nitrogens with zero attached hydrogens (tertiary/aromatic N) is 6. The van der Waals surface area contributed by atoms with Crippen LogP contribution in [0.5, 0.6) is 0 Å². The first-order valence-electron chi connectivity index (χ1n) is 17.7. The molecule has 10 N–H and O–H groups in total. The number of esters is 1. The fourth-order valence-corrected chi connectivity index (χ4v) is 7.21. The van der Waals surface area contributed by atoms with Crippen LogP contribution in [0, 0.1) is 0 Å². The topological polar surface area (TPSA) is 377 Å². The molecule has 344 valence electrons. The summed E-state index contributed by atoms with van der Waals surface area (Å²) in [6.45, 7) is -1.86. The smallest absolute Gasteiger partial charge is 0.455 e. The number of nitrogens with two attached hydrogens (primary N) is 2. The summed E-state index contributed by atoms with van der Waals surface area (Å²) in [5.41, 5.74) is 10.2. The van der Waals surface area contributed by atoms with E-state index in [-0.39, 0.29) is 35.6 Å². The van der Waals surface area contributed by atoms with Crippen LogP contribution in [0.2, 0.25) is 0 Å². The maximum atomic E-state index is 13.6. The number of nitrogen functional groups attached to an aromatic ring is 2. The Hall–Kier alpha value is -4.55. The van der Waals surface area contributed by atoms with Crippen LogP contribution >= 0.6 is 15.6 Å². The van der Waals surface area contributed by atoms with Crippen LogP contribution in [0.4, 0.5) is 29.2 Å². The van der Waals surface area contributed by atoms with E-state index in [1.165, 1.54) is 6.08 Å². The lowest BCUT2D eigenvalue weighted by atomic mass is 10.1. The fraction of sp³-hybridized carbons (Fsp3) is 0.567. The predicted molar refractivity (Wildman–Crippen MR) is 194 cm³/mol. The van der Waals surface area contributed by atoms with Crippen molar-refractivity contribution in [3.05, 3.63) is 48.1 Å². The van der Waals surface area contributed by atoms with E-state index in [0.29, 0.717) is 4.57 Å². The third-order valence-corrected chi connectivity index (χ3v) is 10.3. The third-order valence-electron chi connectivity index (χ3n) is 8.82. The number of allylic oxidation sites excluding steroid dienone is 1. The van der Waals surface area contributed by atoms with E-state index in [4.69, 9.17) is 34.7 Å². The standard InChI is InChI=1S/C30H39F4N9O17P2/c1-2-3-4-17(44)40-13(7-54-10-30(33,34)28(31)32)27(47)59-21-14(57-26(19(21)45)43-12-39-18-23(36)37-11-38-24(18)43)9-56-62(52,53)60-22-15(8-55-61(49,50)51)58-25(20(22)46)42-6-5-16(35)41-29(42)48/h2,5-6,11-15,19-22,25-26,28,45-46H,1,3-4,7-10H2,(H,40,44)(H,52,53)(H2,35,41,48)(H2,36,37,38)(H2,49,50,51)/t13-,14+,15+,19+,20+,21+,22+,25+,26+/m0/s1. The third kappa shape index (κ3) is 11.9. The molecule has 0 radical (unpaired) electrons. The highest BCUT2D eigenvalue weighted by Crippen LogP contribution is 2.50. The zero-order valence-corrected chi connectivity index (χ0v) is 33.3. The van der Waals surface area contributed by atoms with Gasteiger partial charge in [-0.3, -0.25) is 27.5 Å². The second-order valence-corrected chi connectivity index (χ2v) is 15.9. The number of fused-ring (bicyclic) bond motifs is 1. The number of carbonyl (C=O) groups is 2. The van der Waals surface area contributed by atoms with Gasteiger partial charge in [-0.25, -0.2) is 42.5 Å². The van der Waals surface area contributed by atoms with Gasteiger partial charge in [0.1, 0.15) is 54.8 Å². The van der Waals surface area contributed by atoms with Crippen molar-refractivity contribution in [1.29, 1.82) is 0 Å². The van der Waals surface area contributed by atoms with Crippen molar-refractivity contribution in [2.24, 2.45) is 0 Å². The zero-order chi connectivity index (χ0) is 45.7. The van der Waals surface area contributed by atoms with Crippen LogP contribution in [-0.4, -0.2) is 147 Å². The Bertz CT molecular complexity index is 2240. The number of nitrogens with one attached hydrogen (secondary N) is 1. The average molecular weight is 936 g/mol. The minimum Gasteiger partial charge on any atom is -0.455 e. The summed E-state index contributed by atoms with van der Waals surface area (Å²) in [5.74, 6) is -7.40. The number of aromatic nitrogens is 6. The van der Waals surface area contributed by atoms with Gasteiger partial charge in [-0.1, -0.05) is 6.08 Å². The van der Waals surface area contributed by atoms with E-state index in [1.807, 2.05) is 0 Å². The van der Waals surface area contributed by atoms with E-state index in [0.717, 1.165) is 29.5 Å². The van der Waals surface area contributed by atoms with E-state index < -0.39 is 127 Å². The molecule has 2 fully saturated rings. The van der Waals surface area contributed by atoms with E-state index in [9.17, 15) is 66.0 Å². The summed E-state index contributed by atoms with van der Waals surface area (Å²) in [6, 6.07) is -0.873. The fourth-order valence-electron chi connectivity index (χ4n) is 5.90. The summed E-state index contributed by atoms with van der Waals surface area (Å²) in [6.07, 6.45) is -15.1. The number of amides is 1. The first kappa shape index (κ1) is 48.5. The number of anilines is 2. The molecule has 1 unspecified atom stereocenters. The highest BCUT2D eigenvalue weighted by molar-refractivity contribution is 7.47. The van der Waals surface area contributed by atoms with Crippen molar-refractivity contribution in [3.8, 4) is 0 Å². The predicted octanol–water partition coefficient (Wildman–Crippen LogP) is -1.34. The van der Waals surface area contributed by atoms with Crippen molar-refractivity contribution >= 4 is 50.3 Å². The van der Waals surface area contributed by atoms with Crippen LogP contribution in [0.3, 0.4) is 0 Å². The molecule has 10 atom stereocenters.